The van der Waals surface area contributed by atoms with Crippen LogP contribution in [0.5, 0.6) is 0 Å². The lowest BCUT2D eigenvalue weighted by Gasteiger charge is -2.17. The highest BCUT2D eigenvalue weighted by molar-refractivity contribution is 7.13. The predicted molar refractivity (Wildman–Crippen MR) is 120 cm³/mol. The molecule has 2 aromatic carbocycles. The average molecular weight is 419 g/mol. The Kier molecular flexibility index (Phi) is 5.08. The summed E-state index contributed by atoms with van der Waals surface area (Å²) in [6, 6.07) is 14.6. The fraction of sp³-hybridized carbons (Fsp3) is 0.217. The van der Waals surface area contributed by atoms with Crippen molar-refractivity contribution in [3.05, 3.63) is 70.3 Å². The minimum absolute atomic E-state index is 0.0517. The molecule has 0 saturated heterocycles. The van der Waals surface area contributed by atoms with Crippen molar-refractivity contribution in [2.75, 3.05) is 24.6 Å². The molecule has 5 rings (SSSR count). The Hall–Kier alpha value is -3.00. The van der Waals surface area contributed by atoms with Gasteiger partial charge in [-0.05, 0) is 41.3 Å². The number of aromatic nitrogens is 2. The van der Waals surface area contributed by atoms with Crippen LogP contribution < -0.4 is 10.2 Å². The number of aliphatic hydroxyl groups excluding tert-OH is 1. The molecule has 0 saturated carbocycles. The number of nitrogens with zero attached hydrogens (tertiary/aromatic N) is 2. The molecule has 7 heteroatoms. The van der Waals surface area contributed by atoms with E-state index in [0.29, 0.717) is 24.6 Å². The Morgan fingerprint density at radius 3 is 2.97 bits per heavy atom. The van der Waals surface area contributed by atoms with Crippen molar-refractivity contribution in [2.24, 2.45) is 0 Å². The second-order valence-corrected chi connectivity index (χ2v) is 8.40. The van der Waals surface area contributed by atoms with Gasteiger partial charge in [0.25, 0.3) is 5.91 Å². The van der Waals surface area contributed by atoms with Crippen LogP contribution in [-0.2, 0) is 13.0 Å². The zero-order valence-corrected chi connectivity index (χ0v) is 17.2. The third kappa shape index (κ3) is 3.31. The Bertz CT molecular complexity index is 1210. The van der Waals surface area contributed by atoms with Crippen molar-refractivity contribution >= 4 is 33.8 Å². The predicted octanol–water partition coefficient (Wildman–Crippen LogP) is 3.58. The van der Waals surface area contributed by atoms with Crippen LogP contribution in [0.2, 0.25) is 0 Å². The second kappa shape index (κ2) is 8.02. The third-order valence-electron chi connectivity index (χ3n) is 5.48. The monoisotopic (exact) mass is 418 g/mol. The fourth-order valence-electron chi connectivity index (χ4n) is 4.11. The number of rotatable bonds is 6. The number of fused-ring (bicyclic) bond motifs is 2. The molecular weight excluding hydrogens is 396 g/mol. The maximum Gasteiger partial charge on any atom is 0.287 e. The highest BCUT2D eigenvalue weighted by Crippen LogP contribution is 2.39. The van der Waals surface area contributed by atoms with Crippen LogP contribution in [0.15, 0.2) is 54.9 Å². The van der Waals surface area contributed by atoms with Crippen LogP contribution >= 0.6 is 11.3 Å². The minimum Gasteiger partial charge on any atom is -0.395 e. The highest BCUT2D eigenvalue weighted by Gasteiger charge is 2.29. The summed E-state index contributed by atoms with van der Waals surface area (Å²) in [6.45, 7) is 1.88. The topological polar surface area (TPSA) is 81.2 Å². The first-order chi connectivity index (χ1) is 14.8. The van der Waals surface area contributed by atoms with Crippen LogP contribution in [0.4, 0.5) is 5.69 Å². The smallest absolute Gasteiger partial charge is 0.287 e. The van der Waals surface area contributed by atoms with Gasteiger partial charge in [-0.15, -0.1) is 11.3 Å². The number of carbonyl (C=O) groups is 1. The van der Waals surface area contributed by atoms with Crippen molar-refractivity contribution in [2.45, 2.75) is 13.0 Å². The molecule has 0 aliphatic carbocycles. The SMILES string of the molecule is O=C(c1ncc(CNCCO)s1)N1CCc2c(-c3cccc4[nH]ccc34)cccc21. The molecule has 30 heavy (non-hydrogen) atoms. The standard InChI is InChI=1S/C23H22N4O2S/c28-12-10-24-13-15-14-26-22(30-15)23(29)27-11-8-19-17(4-2-6-21(19)27)16-3-1-5-20-18(16)7-9-25-20/h1-7,9,14,24-25,28H,8,10-13H2. The number of H-pyrrole nitrogens is 1. The minimum atomic E-state index is -0.0517. The maximum atomic E-state index is 13.2. The zero-order valence-electron chi connectivity index (χ0n) is 16.4. The third-order valence-corrected chi connectivity index (χ3v) is 6.47. The molecule has 0 spiro atoms. The van der Waals surface area contributed by atoms with Crippen molar-refractivity contribution in [3.63, 3.8) is 0 Å². The number of hydrogen-bond donors (Lipinski definition) is 3. The van der Waals surface area contributed by atoms with Crippen LogP contribution in [0.3, 0.4) is 0 Å². The number of nitrogens with one attached hydrogen (secondary N) is 2. The zero-order chi connectivity index (χ0) is 20.5. The maximum absolute atomic E-state index is 13.2. The molecule has 3 heterocycles. The fourth-order valence-corrected chi connectivity index (χ4v) is 4.94. The van der Waals surface area contributed by atoms with Crippen LogP contribution in [0.1, 0.15) is 20.2 Å². The van der Waals surface area contributed by atoms with Crippen LogP contribution in [0, 0.1) is 0 Å². The number of carbonyl (C=O) groups excluding carboxylic acids is 1. The molecule has 3 N–H and O–H groups in total. The van der Waals surface area contributed by atoms with Gasteiger partial charge in [-0.3, -0.25) is 4.79 Å². The molecule has 6 nitrogen and oxygen atoms in total. The van der Waals surface area contributed by atoms with Gasteiger partial charge in [-0.25, -0.2) is 4.98 Å². The average Bonchev–Trinajstić information content (AvgIpc) is 3.51. The second-order valence-electron chi connectivity index (χ2n) is 7.29. The Morgan fingerprint density at radius 1 is 1.20 bits per heavy atom. The van der Waals surface area contributed by atoms with Crippen LogP contribution in [-0.4, -0.2) is 40.7 Å². The summed E-state index contributed by atoms with van der Waals surface area (Å²) in [7, 11) is 0. The summed E-state index contributed by atoms with van der Waals surface area (Å²) < 4.78 is 0. The highest BCUT2D eigenvalue weighted by atomic mass is 32.1. The van der Waals surface area contributed by atoms with Crippen molar-refractivity contribution in [1.29, 1.82) is 0 Å². The summed E-state index contributed by atoms with van der Waals surface area (Å²) in [5.41, 5.74) is 5.66. The summed E-state index contributed by atoms with van der Waals surface area (Å²) in [5.74, 6) is -0.0517. The molecule has 152 valence electrons. The van der Waals surface area contributed by atoms with E-state index in [1.165, 1.54) is 33.4 Å². The molecule has 1 amide bonds. The van der Waals surface area contributed by atoms with Gasteiger partial charge in [0.1, 0.15) is 0 Å². The van der Waals surface area contributed by atoms with Crippen LogP contribution in [0.25, 0.3) is 22.0 Å². The van der Waals surface area contributed by atoms with E-state index in [0.717, 1.165) is 22.5 Å². The summed E-state index contributed by atoms with van der Waals surface area (Å²) in [4.78, 5) is 23.6. The molecule has 0 unspecified atom stereocenters. The first-order valence-electron chi connectivity index (χ1n) is 10.0. The van der Waals surface area contributed by atoms with E-state index in [1.54, 1.807) is 6.20 Å². The largest absolute Gasteiger partial charge is 0.395 e. The van der Waals surface area contributed by atoms with E-state index in [-0.39, 0.29) is 12.5 Å². The van der Waals surface area contributed by atoms with Crippen molar-refractivity contribution in [3.8, 4) is 11.1 Å². The lowest BCUT2D eigenvalue weighted by atomic mass is 9.95. The van der Waals surface area contributed by atoms with Gasteiger partial charge in [0.05, 0.1) is 6.61 Å². The van der Waals surface area contributed by atoms with Crippen molar-refractivity contribution in [1.82, 2.24) is 15.3 Å². The molecule has 4 aromatic rings. The van der Waals surface area contributed by atoms with Gasteiger partial charge in [-0.1, -0.05) is 24.3 Å². The lowest BCUT2D eigenvalue weighted by Crippen LogP contribution is -2.28. The molecule has 0 bridgehead atoms. The van der Waals surface area contributed by atoms with E-state index in [2.05, 4.69) is 45.6 Å². The van der Waals surface area contributed by atoms with Gasteiger partial charge in [0.15, 0.2) is 5.01 Å². The number of benzene rings is 2. The van der Waals surface area contributed by atoms with Gasteiger partial charge in [0.2, 0.25) is 0 Å². The first kappa shape index (κ1) is 19.0. The lowest BCUT2D eigenvalue weighted by molar-refractivity contribution is 0.0989. The Balaban J connectivity index is 1.45. The summed E-state index contributed by atoms with van der Waals surface area (Å²) in [5, 5.41) is 13.7. The van der Waals surface area contributed by atoms with Gasteiger partial charge in [-0.2, -0.15) is 0 Å². The van der Waals surface area contributed by atoms with E-state index < -0.39 is 0 Å². The van der Waals surface area contributed by atoms with E-state index in [1.807, 2.05) is 23.2 Å². The summed E-state index contributed by atoms with van der Waals surface area (Å²) in [6.07, 6.45) is 4.53. The van der Waals surface area contributed by atoms with Gasteiger partial charge in [0, 0.05) is 53.5 Å². The molecular formula is C23H22N4O2S. The quantitative estimate of drug-likeness (QED) is 0.418. The Morgan fingerprint density at radius 2 is 2.07 bits per heavy atom. The summed E-state index contributed by atoms with van der Waals surface area (Å²) >= 11 is 1.41. The molecule has 1 aliphatic heterocycles. The van der Waals surface area contributed by atoms with E-state index in [9.17, 15) is 4.79 Å². The molecule has 0 radical (unpaired) electrons. The number of thiazole rings is 1. The number of aromatic amines is 1. The van der Waals surface area contributed by atoms with Gasteiger partial charge >= 0.3 is 0 Å². The van der Waals surface area contributed by atoms with E-state index in [4.69, 9.17) is 5.11 Å². The molecule has 2 aromatic heterocycles. The number of aliphatic hydroxyl groups is 1. The van der Waals surface area contributed by atoms with Crippen molar-refractivity contribution < 1.29 is 9.90 Å². The van der Waals surface area contributed by atoms with Gasteiger partial charge < -0.3 is 20.3 Å². The molecule has 1 aliphatic rings. The normalized spacial score (nSPS) is 13.2. The molecule has 0 fully saturated rings. The number of anilines is 1. The number of hydrogen-bond acceptors (Lipinski definition) is 5. The molecule has 0 atom stereocenters. The number of amides is 1. The Labute approximate surface area is 178 Å². The van der Waals surface area contributed by atoms with E-state index >= 15 is 0 Å². The first-order valence-corrected chi connectivity index (χ1v) is 10.8.